The molecule has 1 amide bonds. The first-order valence-electron chi connectivity index (χ1n) is 6.01. The van der Waals surface area contributed by atoms with Gasteiger partial charge in [-0.1, -0.05) is 37.0 Å². The summed E-state index contributed by atoms with van der Waals surface area (Å²) in [5, 5.41) is 2.90. The summed E-state index contributed by atoms with van der Waals surface area (Å²) in [6, 6.07) is 5.20. The van der Waals surface area contributed by atoms with Crippen LogP contribution in [0.15, 0.2) is 23.2 Å². The molecule has 2 rings (SSSR count). The maximum Gasteiger partial charge on any atom is 0.251 e. The van der Waals surface area contributed by atoms with E-state index in [2.05, 4.69) is 10.3 Å². The van der Waals surface area contributed by atoms with Crippen LogP contribution in [0.5, 0.6) is 0 Å². The van der Waals surface area contributed by atoms with Gasteiger partial charge < -0.3 is 10.2 Å². The fourth-order valence-electron chi connectivity index (χ4n) is 1.64. The van der Waals surface area contributed by atoms with E-state index in [1.54, 1.807) is 37.2 Å². The van der Waals surface area contributed by atoms with Crippen LogP contribution in [0, 0.1) is 0 Å². The Bertz CT molecular complexity index is 503. The second-order valence-corrected chi connectivity index (χ2v) is 4.46. The number of halogens is 2. The van der Waals surface area contributed by atoms with Gasteiger partial charge in [0.2, 0.25) is 0 Å². The molecule has 0 saturated carbocycles. The lowest BCUT2D eigenvalue weighted by molar-refractivity contribution is 0.0963. The molecule has 0 spiro atoms. The van der Waals surface area contributed by atoms with Crippen LogP contribution in [0.1, 0.15) is 24.2 Å². The van der Waals surface area contributed by atoms with Gasteiger partial charge in [-0.05, 0) is 18.2 Å². The summed E-state index contributed by atoms with van der Waals surface area (Å²) in [7, 11) is 3.39. The van der Waals surface area contributed by atoms with Gasteiger partial charge in [0.1, 0.15) is 5.17 Å². The number of anilines is 1. The number of hydrogen-bond acceptors (Lipinski definition) is 3. The zero-order chi connectivity index (χ0) is 14.6. The van der Waals surface area contributed by atoms with Gasteiger partial charge in [-0.3, -0.25) is 4.79 Å². The molecule has 1 heterocycles. The molecule has 0 aromatic heterocycles. The number of amides is 1. The van der Waals surface area contributed by atoms with Gasteiger partial charge in [0.15, 0.2) is 5.50 Å². The standard InChI is InChI=1S/C11H11Cl2N3O.C2H6/c1-14-11(17)6-3-4-7-8(5-6)16(2)10(13)9(12)15-7;1-2/h3-5,10H,1-2H3,(H,14,17);1-2H3. The number of carbonyl (C=O) groups excluding carboxylic acids is 1. The number of fused-ring (bicyclic) bond motifs is 1. The van der Waals surface area contributed by atoms with E-state index in [0.717, 1.165) is 5.69 Å². The van der Waals surface area contributed by atoms with E-state index in [4.69, 9.17) is 23.2 Å². The van der Waals surface area contributed by atoms with Gasteiger partial charge >= 0.3 is 0 Å². The third-order valence-electron chi connectivity index (χ3n) is 2.61. The van der Waals surface area contributed by atoms with Crippen molar-refractivity contribution in [3.05, 3.63) is 23.8 Å². The summed E-state index contributed by atoms with van der Waals surface area (Å²) in [6.45, 7) is 4.00. The summed E-state index contributed by atoms with van der Waals surface area (Å²) >= 11 is 12.0. The number of nitrogens with zero attached hydrogens (tertiary/aromatic N) is 2. The minimum atomic E-state index is -0.496. The number of alkyl halides is 1. The molecule has 1 aromatic rings. The third kappa shape index (κ3) is 3.19. The highest BCUT2D eigenvalue weighted by Crippen LogP contribution is 2.36. The van der Waals surface area contributed by atoms with Gasteiger partial charge in [0.05, 0.1) is 11.4 Å². The van der Waals surface area contributed by atoms with Gasteiger partial charge in [-0.15, -0.1) is 0 Å². The smallest absolute Gasteiger partial charge is 0.251 e. The predicted octanol–water partition coefficient (Wildman–Crippen LogP) is 3.36. The van der Waals surface area contributed by atoms with Crippen molar-refractivity contribution < 1.29 is 4.79 Å². The Morgan fingerprint density at radius 2 is 2.05 bits per heavy atom. The van der Waals surface area contributed by atoms with Crippen LogP contribution in [0.2, 0.25) is 0 Å². The van der Waals surface area contributed by atoms with Gasteiger partial charge in [0.25, 0.3) is 5.91 Å². The number of benzene rings is 1. The molecule has 1 aliphatic rings. The summed E-state index contributed by atoms with van der Waals surface area (Å²) in [4.78, 5) is 17.5. The molecule has 104 valence electrons. The molecule has 1 aliphatic heterocycles. The van der Waals surface area contributed by atoms with Crippen LogP contribution in [0.3, 0.4) is 0 Å². The topological polar surface area (TPSA) is 44.7 Å². The van der Waals surface area contributed by atoms with Crippen molar-refractivity contribution >= 4 is 45.7 Å². The quantitative estimate of drug-likeness (QED) is 0.638. The first kappa shape index (κ1) is 15.8. The van der Waals surface area contributed by atoms with Crippen LogP contribution < -0.4 is 10.2 Å². The summed E-state index contributed by atoms with van der Waals surface area (Å²) in [5.74, 6) is -0.145. The molecule has 0 radical (unpaired) electrons. The molecule has 1 N–H and O–H groups in total. The highest BCUT2D eigenvalue weighted by Gasteiger charge is 2.25. The molecule has 0 aliphatic carbocycles. The number of rotatable bonds is 1. The van der Waals surface area contributed by atoms with Crippen molar-refractivity contribution in [2.75, 3.05) is 19.0 Å². The van der Waals surface area contributed by atoms with Crippen LogP contribution in [0.4, 0.5) is 11.4 Å². The highest BCUT2D eigenvalue weighted by atomic mass is 35.5. The first-order chi connectivity index (χ1) is 9.04. The molecule has 19 heavy (non-hydrogen) atoms. The Kier molecular flexibility index (Phi) is 5.63. The van der Waals surface area contributed by atoms with E-state index < -0.39 is 5.50 Å². The minimum Gasteiger partial charge on any atom is -0.355 e. The Morgan fingerprint density at radius 3 is 2.63 bits per heavy atom. The molecule has 0 fully saturated rings. The Balaban J connectivity index is 0.000000861. The van der Waals surface area contributed by atoms with Crippen LogP contribution in [-0.2, 0) is 0 Å². The number of hydrogen-bond donors (Lipinski definition) is 1. The average Bonchev–Trinajstić information content (AvgIpc) is 2.46. The lowest BCUT2D eigenvalue weighted by Crippen LogP contribution is -2.34. The molecule has 1 aromatic carbocycles. The van der Waals surface area contributed by atoms with Crippen LogP contribution in [0.25, 0.3) is 0 Å². The van der Waals surface area contributed by atoms with Crippen molar-refractivity contribution in [1.29, 1.82) is 0 Å². The molecule has 6 heteroatoms. The van der Waals surface area contributed by atoms with Gasteiger partial charge in [-0.25, -0.2) is 4.99 Å². The number of nitrogens with one attached hydrogen (secondary N) is 1. The summed E-state index contributed by atoms with van der Waals surface area (Å²) in [5.41, 5.74) is 1.57. The SMILES string of the molecule is CC.CNC(=O)c1ccc2c(c1)N(C)C(Cl)C(Cl)=N2. The van der Waals surface area contributed by atoms with Crippen LogP contribution in [-0.4, -0.2) is 30.7 Å². The molecule has 1 unspecified atom stereocenters. The molecule has 1 atom stereocenters. The van der Waals surface area contributed by atoms with Gasteiger partial charge in [-0.2, -0.15) is 0 Å². The Hall–Kier alpha value is -1.26. The maximum absolute atomic E-state index is 11.5. The Labute approximate surface area is 123 Å². The van der Waals surface area contributed by atoms with E-state index in [-0.39, 0.29) is 5.91 Å². The Morgan fingerprint density at radius 1 is 1.42 bits per heavy atom. The second kappa shape index (κ2) is 6.78. The van der Waals surface area contributed by atoms with E-state index in [9.17, 15) is 4.79 Å². The third-order valence-corrected chi connectivity index (χ3v) is 3.51. The summed E-state index contributed by atoms with van der Waals surface area (Å²) in [6.07, 6.45) is 0. The number of aliphatic imine (C=N–C) groups is 1. The zero-order valence-electron chi connectivity index (χ0n) is 11.4. The van der Waals surface area contributed by atoms with E-state index >= 15 is 0 Å². The van der Waals surface area contributed by atoms with Crippen molar-refractivity contribution in [1.82, 2.24) is 5.32 Å². The fraction of sp³-hybridized carbons (Fsp3) is 0.385. The maximum atomic E-state index is 11.5. The molecular formula is C13H17Cl2N3O. The monoisotopic (exact) mass is 301 g/mol. The van der Waals surface area contributed by atoms with E-state index in [1.165, 1.54) is 0 Å². The fourth-order valence-corrected chi connectivity index (χ4v) is 2.03. The van der Waals surface area contributed by atoms with Crippen molar-refractivity contribution in [3.63, 3.8) is 0 Å². The summed E-state index contributed by atoms with van der Waals surface area (Å²) < 4.78 is 0. The van der Waals surface area contributed by atoms with Gasteiger partial charge in [0, 0.05) is 19.7 Å². The predicted molar refractivity (Wildman–Crippen MR) is 82.2 cm³/mol. The molecule has 4 nitrogen and oxygen atoms in total. The molecule has 0 bridgehead atoms. The lowest BCUT2D eigenvalue weighted by Gasteiger charge is -2.29. The minimum absolute atomic E-state index is 0.145. The number of carbonyl (C=O) groups is 1. The lowest BCUT2D eigenvalue weighted by atomic mass is 10.1. The molecular weight excluding hydrogens is 285 g/mol. The average molecular weight is 302 g/mol. The second-order valence-electron chi connectivity index (χ2n) is 3.66. The van der Waals surface area contributed by atoms with Crippen LogP contribution >= 0.6 is 23.2 Å². The van der Waals surface area contributed by atoms with E-state index in [1.807, 2.05) is 13.8 Å². The normalized spacial score (nSPS) is 16.8. The van der Waals surface area contributed by atoms with Crippen molar-refractivity contribution in [3.8, 4) is 0 Å². The van der Waals surface area contributed by atoms with Crippen molar-refractivity contribution in [2.45, 2.75) is 19.3 Å². The largest absolute Gasteiger partial charge is 0.355 e. The highest BCUT2D eigenvalue weighted by molar-refractivity contribution is 6.71. The molecule has 0 saturated heterocycles. The van der Waals surface area contributed by atoms with Crippen molar-refractivity contribution in [2.24, 2.45) is 4.99 Å². The zero-order valence-corrected chi connectivity index (χ0v) is 12.9. The first-order valence-corrected chi connectivity index (χ1v) is 6.83. The van der Waals surface area contributed by atoms with E-state index in [0.29, 0.717) is 16.4 Å².